The van der Waals surface area contributed by atoms with E-state index in [1.807, 2.05) is 129 Å². The molecule has 9 heterocycles. The highest BCUT2D eigenvalue weighted by Gasteiger charge is 2.23. The molecule has 0 atom stereocenters. The summed E-state index contributed by atoms with van der Waals surface area (Å²) in [5, 5.41) is 34.4. The molecule has 137 heavy (non-hydrogen) atoms. The molecule has 0 aliphatic heterocycles. The van der Waals surface area contributed by atoms with Crippen LogP contribution in [0.25, 0.3) is 240 Å². The highest BCUT2D eigenvalue weighted by Crippen LogP contribution is 2.49. The van der Waals surface area contributed by atoms with Gasteiger partial charge in [-0.1, -0.05) is 279 Å². The fraction of sp³-hybridized carbons (Fsp3) is 0. The number of benzene rings is 19. The van der Waals surface area contributed by atoms with Crippen LogP contribution in [0.3, 0.4) is 0 Å². The minimum atomic E-state index is 0.941. The maximum absolute atomic E-state index is 5.07. The van der Waals surface area contributed by atoms with Crippen molar-refractivity contribution in [3.63, 3.8) is 0 Å². The van der Waals surface area contributed by atoms with E-state index in [4.69, 9.17) is 24.9 Å². The molecule has 28 rings (SSSR count). The maximum Gasteiger partial charge on any atom is 0.0786 e. The van der Waals surface area contributed by atoms with Gasteiger partial charge in [0, 0.05) is 146 Å². The summed E-state index contributed by atoms with van der Waals surface area (Å²) < 4.78 is 0. The van der Waals surface area contributed by atoms with Crippen LogP contribution in [0.4, 0.5) is 17.1 Å². The molecule has 0 aliphatic rings. The average molecular weight is 1750 g/mol. The van der Waals surface area contributed by atoms with Crippen molar-refractivity contribution in [3.8, 4) is 67.0 Å². The van der Waals surface area contributed by atoms with Gasteiger partial charge in [-0.25, -0.2) is 4.98 Å². The average Bonchev–Trinajstić information content (AvgIpc) is 0.733. The number of rotatable bonds is 9. The van der Waals surface area contributed by atoms with E-state index in [-0.39, 0.29) is 0 Å². The van der Waals surface area contributed by atoms with Crippen molar-refractivity contribution < 1.29 is 0 Å². The molecule has 0 spiro atoms. The van der Waals surface area contributed by atoms with Gasteiger partial charge in [0.1, 0.15) is 0 Å². The topological polar surface area (TPSA) is 119 Å². The van der Waals surface area contributed by atoms with Gasteiger partial charge in [0.05, 0.1) is 33.5 Å². The van der Waals surface area contributed by atoms with E-state index in [1.54, 1.807) is 12.4 Å². The monoisotopic (exact) mass is 1740 g/mol. The van der Waals surface area contributed by atoms with Gasteiger partial charge >= 0.3 is 0 Å². The van der Waals surface area contributed by atoms with E-state index in [0.29, 0.717) is 0 Å². The Morgan fingerprint density at radius 1 is 0.139 bits per heavy atom. The number of para-hydroxylation sites is 1. The predicted octanol–water partition coefficient (Wildman–Crippen LogP) is 33.2. The van der Waals surface area contributed by atoms with Crippen LogP contribution in [0.1, 0.15) is 0 Å². The molecule has 9 aromatic heterocycles. The van der Waals surface area contributed by atoms with Gasteiger partial charge in [0.2, 0.25) is 0 Å². The Morgan fingerprint density at radius 2 is 0.387 bits per heavy atom. The number of fused-ring (bicyclic) bond motifs is 32. The maximum atomic E-state index is 5.07. The Bertz CT molecular complexity index is 9550. The summed E-state index contributed by atoms with van der Waals surface area (Å²) in [7, 11) is 0. The van der Waals surface area contributed by atoms with Crippen molar-refractivity contribution >= 4 is 190 Å². The second kappa shape index (κ2) is 34.7. The third-order valence-corrected chi connectivity index (χ3v) is 26.9. The molecular formula is C127H80N10. The molecule has 0 radical (unpaired) electrons. The van der Waals surface area contributed by atoms with E-state index in [2.05, 4.69) is 371 Å². The summed E-state index contributed by atoms with van der Waals surface area (Å²) in [6, 6.07) is 146. The second-order valence-corrected chi connectivity index (χ2v) is 34.5. The van der Waals surface area contributed by atoms with E-state index in [1.165, 1.54) is 195 Å². The minimum Gasteiger partial charge on any atom is -0.310 e. The van der Waals surface area contributed by atoms with Gasteiger partial charge in [0.25, 0.3) is 0 Å². The summed E-state index contributed by atoms with van der Waals surface area (Å²) in [5.41, 5.74) is 21.2. The standard InChI is InChI=1S/C38H25N3.C32H20N2.C31H19N3.C26H16N2/c1-2-9-27(10-3-1)41(29-20-23-39-24-21-29)28-18-16-26(17-19-28)35-25-36-31-12-5-7-14-33(31)38-34(15-8-22-40-38)37(36)32-13-6-4-11-30(32)35;1-3-8-26-24(6-1)29(23-13-11-21(12-14-23)22-15-18-33-19-16-22)20-30-25-7-2-4-9-27(25)32-28(31(26)30)10-5-17-34-32;1-3-9-23-21(7-1)26(29-13-5-12-28(34-29)20-14-17-32-18-15-20)19-27-22-8-2-4-10-24(22)31-25(30(23)27)11-6-16-33-31;1-3-8-20-18(6-1)23(17-11-14-27-15-12-17)16-24-19-7-2-4-9-21(19)26-22(25(20)24)10-5-13-28-26/h1-25H;1-20H;1-19H;1-16H. The molecule has 0 unspecified atom stereocenters. The highest BCUT2D eigenvalue weighted by molar-refractivity contribution is 6.37. The number of hydrogen-bond donors (Lipinski definition) is 0. The van der Waals surface area contributed by atoms with E-state index in [0.717, 1.165) is 61.6 Å². The summed E-state index contributed by atoms with van der Waals surface area (Å²) >= 11 is 0. The minimum absolute atomic E-state index is 0.941. The van der Waals surface area contributed by atoms with Crippen LogP contribution < -0.4 is 4.90 Å². The molecule has 0 N–H and O–H groups in total. The van der Waals surface area contributed by atoms with Crippen LogP contribution in [-0.2, 0) is 0 Å². The first-order valence-electron chi connectivity index (χ1n) is 46.1. The Balaban J connectivity index is 0.0000000978. The smallest absolute Gasteiger partial charge is 0.0786 e. The van der Waals surface area contributed by atoms with Crippen LogP contribution in [0.2, 0.25) is 0 Å². The third kappa shape index (κ3) is 14.3. The normalized spacial score (nSPS) is 11.5. The van der Waals surface area contributed by atoms with Gasteiger partial charge in [0.15, 0.2) is 0 Å². The molecule has 28 aromatic rings. The molecule has 0 fully saturated rings. The zero-order valence-electron chi connectivity index (χ0n) is 74.2. The SMILES string of the molecule is c1cc(-c2ccncc2)nc(-c2cc3c4ccccc4c4ncccc4c3c3ccccc23)c1.c1ccc(N(c2ccncc2)c2ccc(-c3cc4c5ccccc5c5ncccc5c4c4ccccc34)cc2)cc1.c1ccc2c(c1)c(-c1ccc(-c3ccncc3)cc1)cc1c3ccccc3c3ncccc3c21.c1ccc2c(c1)c(-c1ccncc1)cc1c3ccccc3c3ncccc3c21. The van der Waals surface area contributed by atoms with Gasteiger partial charge in [-0.05, 0) is 286 Å². The van der Waals surface area contributed by atoms with Gasteiger partial charge in [-0.15, -0.1) is 0 Å². The van der Waals surface area contributed by atoms with Crippen molar-refractivity contribution in [2.75, 3.05) is 4.90 Å². The van der Waals surface area contributed by atoms with Crippen molar-refractivity contribution in [3.05, 3.63) is 487 Å². The van der Waals surface area contributed by atoms with E-state index < -0.39 is 0 Å². The molecule has 0 bridgehead atoms. The first-order valence-corrected chi connectivity index (χ1v) is 46.1. The van der Waals surface area contributed by atoms with Crippen LogP contribution >= 0.6 is 0 Å². The second-order valence-electron chi connectivity index (χ2n) is 34.5. The number of aromatic nitrogens is 9. The van der Waals surface area contributed by atoms with Crippen LogP contribution in [-0.4, -0.2) is 44.9 Å². The van der Waals surface area contributed by atoms with Gasteiger partial charge in [-0.2, -0.15) is 0 Å². The lowest BCUT2D eigenvalue weighted by molar-refractivity contribution is 1.24. The molecule has 0 amide bonds. The summed E-state index contributed by atoms with van der Waals surface area (Å²) in [4.78, 5) is 43.2. The van der Waals surface area contributed by atoms with Crippen LogP contribution in [0.15, 0.2) is 487 Å². The molecule has 0 saturated carbocycles. The van der Waals surface area contributed by atoms with E-state index >= 15 is 0 Å². The molecule has 10 nitrogen and oxygen atoms in total. The van der Waals surface area contributed by atoms with Gasteiger partial charge in [-0.3, -0.25) is 39.9 Å². The number of nitrogens with zero attached hydrogens (tertiary/aromatic N) is 10. The Kier molecular flexibility index (Phi) is 20.4. The van der Waals surface area contributed by atoms with Crippen LogP contribution in [0, 0.1) is 0 Å². The van der Waals surface area contributed by atoms with E-state index in [9.17, 15) is 0 Å². The number of anilines is 3. The molecule has 638 valence electrons. The summed E-state index contributed by atoms with van der Waals surface area (Å²) in [5.74, 6) is 0. The fourth-order valence-electron chi connectivity index (χ4n) is 20.9. The zero-order chi connectivity index (χ0) is 90.6. The summed E-state index contributed by atoms with van der Waals surface area (Å²) in [6.45, 7) is 0. The Labute approximate surface area is 788 Å². The van der Waals surface area contributed by atoms with Crippen molar-refractivity contribution in [2.24, 2.45) is 0 Å². The lowest BCUT2D eigenvalue weighted by Gasteiger charge is -2.25. The quantitative estimate of drug-likeness (QED) is 0.129. The van der Waals surface area contributed by atoms with Gasteiger partial charge < -0.3 is 4.90 Å². The van der Waals surface area contributed by atoms with Crippen molar-refractivity contribution in [1.29, 1.82) is 0 Å². The summed E-state index contributed by atoms with van der Waals surface area (Å²) in [6.07, 6.45) is 22.2. The van der Waals surface area contributed by atoms with Crippen molar-refractivity contribution in [2.45, 2.75) is 0 Å². The lowest BCUT2D eigenvalue weighted by Crippen LogP contribution is -2.09. The highest BCUT2D eigenvalue weighted by atomic mass is 15.1. The molecule has 10 heteroatoms. The Morgan fingerprint density at radius 3 is 0.759 bits per heavy atom. The Hall–Kier alpha value is -18.5. The first-order chi connectivity index (χ1) is 68.0. The molecule has 0 aliphatic carbocycles. The van der Waals surface area contributed by atoms with Crippen molar-refractivity contribution in [1.82, 2.24) is 44.9 Å². The van der Waals surface area contributed by atoms with Crippen LogP contribution in [0.5, 0.6) is 0 Å². The number of hydrogen-bond acceptors (Lipinski definition) is 10. The fourth-order valence-corrected chi connectivity index (χ4v) is 20.9. The molecule has 19 aromatic carbocycles. The third-order valence-electron chi connectivity index (χ3n) is 26.9. The largest absolute Gasteiger partial charge is 0.310 e. The molecular weight excluding hydrogens is 1670 g/mol. The number of pyridine rings is 9. The lowest BCUT2D eigenvalue weighted by atomic mass is 9.88. The predicted molar refractivity (Wildman–Crippen MR) is 573 cm³/mol. The molecule has 0 saturated heterocycles. The zero-order valence-corrected chi connectivity index (χ0v) is 74.2. The first kappa shape index (κ1) is 80.6.